The Morgan fingerprint density at radius 1 is 1.33 bits per heavy atom. The third-order valence-corrected chi connectivity index (χ3v) is 1.81. The molecule has 0 spiro atoms. The fourth-order valence-corrected chi connectivity index (χ4v) is 1.24. The Hall–Kier alpha value is -1.44. The summed E-state index contributed by atoms with van der Waals surface area (Å²) in [5, 5.41) is 0. The van der Waals surface area contributed by atoms with Gasteiger partial charge in [-0.1, -0.05) is 24.3 Å². The van der Waals surface area contributed by atoms with Crippen molar-refractivity contribution < 1.29 is 0 Å². The zero-order chi connectivity index (χ0) is 8.39. The molecule has 1 aliphatic heterocycles. The summed E-state index contributed by atoms with van der Waals surface area (Å²) in [6, 6.07) is 0.164. The van der Waals surface area contributed by atoms with Gasteiger partial charge in [0, 0.05) is 6.21 Å². The van der Waals surface area contributed by atoms with E-state index in [1.165, 1.54) is 0 Å². The van der Waals surface area contributed by atoms with E-state index in [4.69, 9.17) is 0 Å². The lowest BCUT2D eigenvalue weighted by molar-refractivity contribution is 1.02. The lowest BCUT2D eigenvalue weighted by Gasteiger charge is -1.98. The van der Waals surface area contributed by atoms with Crippen LogP contribution in [0.4, 0.5) is 0 Å². The summed E-state index contributed by atoms with van der Waals surface area (Å²) >= 11 is 0. The van der Waals surface area contributed by atoms with E-state index < -0.39 is 0 Å². The van der Waals surface area contributed by atoms with Crippen molar-refractivity contribution in [3.8, 4) is 0 Å². The van der Waals surface area contributed by atoms with Crippen molar-refractivity contribution in [1.29, 1.82) is 0 Å². The predicted molar refractivity (Wildman–Crippen MR) is 51.8 cm³/mol. The molecular weight excluding hydrogens is 148 g/mol. The van der Waals surface area contributed by atoms with E-state index in [1.54, 1.807) is 0 Å². The van der Waals surface area contributed by atoms with Crippen molar-refractivity contribution in [3.63, 3.8) is 0 Å². The highest BCUT2D eigenvalue weighted by Crippen LogP contribution is 2.10. The van der Waals surface area contributed by atoms with Gasteiger partial charge in [-0.3, -0.25) is 4.99 Å². The van der Waals surface area contributed by atoms with Crippen LogP contribution in [0.3, 0.4) is 0 Å². The number of nitrogens with zero attached hydrogens (tertiary/aromatic N) is 2. The normalized spacial score (nSPS) is 25.9. The maximum atomic E-state index is 4.37. The largest absolute Gasteiger partial charge is 0.259 e. The fourth-order valence-electron chi connectivity index (χ4n) is 1.24. The standard InChI is InChI=1S/C10H10N2/c1-8-11-7-9-4-2-3-5-10(6-9)12-8/h2-7,10H,1H3. The molecule has 2 aliphatic rings. The van der Waals surface area contributed by atoms with Gasteiger partial charge in [0.05, 0.1) is 6.04 Å². The summed E-state index contributed by atoms with van der Waals surface area (Å²) in [5.74, 6) is 0.839. The highest BCUT2D eigenvalue weighted by molar-refractivity contribution is 5.96. The van der Waals surface area contributed by atoms with E-state index in [1.807, 2.05) is 31.4 Å². The average Bonchev–Trinajstić information content (AvgIpc) is 2.35. The number of hydrogen-bond acceptors (Lipinski definition) is 2. The minimum atomic E-state index is 0.164. The second-order valence-corrected chi connectivity index (χ2v) is 2.84. The number of amidine groups is 1. The number of fused-ring (bicyclic) bond motifs is 1. The molecule has 0 aromatic heterocycles. The fraction of sp³-hybridized carbons (Fsp3) is 0.200. The maximum absolute atomic E-state index is 4.37. The summed E-state index contributed by atoms with van der Waals surface area (Å²) in [6.45, 7) is 1.92. The van der Waals surface area contributed by atoms with E-state index in [-0.39, 0.29) is 6.04 Å². The first-order chi connectivity index (χ1) is 5.84. The molecule has 0 amide bonds. The van der Waals surface area contributed by atoms with Crippen LogP contribution in [0.15, 0.2) is 45.9 Å². The molecule has 0 radical (unpaired) electrons. The minimum absolute atomic E-state index is 0.164. The molecule has 1 atom stereocenters. The first-order valence-corrected chi connectivity index (χ1v) is 4.00. The molecule has 1 heterocycles. The van der Waals surface area contributed by atoms with Gasteiger partial charge in [-0.2, -0.15) is 0 Å². The highest BCUT2D eigenvalue weighted by Gasteiger charge is 2.04. The molecule has 0 fully saturated rings. The summed E-state index contributed by atoms with van der Waals surface area (Å²) in [7, 11) is 0. The molecule has 0 saturated carbocycles. The molecule has 0 aromatic carbocycles. The molecule has 0 N–H and O–H groups in total. The predicted octanol–water partition coefficient (Wildman–Crippen LogP) is 1.91. The molecule has 2 heteroatoms. The van der Waals surface area contributed by atoms with Crippen LogP contribution in [0.25, 0.3) is 0 Å². The Bertz CT molecular complexity index is 330. The SMILES string of the molecule is CC1=NC2C=CC=CC(=C2)C=N1. The van der Waals surface area contributed by atoms with Crippen LogP contribution in [0.5, 0.6) is 0 Å². The molecular formula is C10H10N2. The topological polar surface area (TPSA) is 24.7 Å². The summed E-state index contributed by atoms with van der Waals surface area (Å²) in [5.41, 5.74) is 1.13. The Balaban J connectivity index is 2.42. The molecule has 2 rings (SSSR count). The smallest absolute Gasteiger partial charge is 0.121 e. The van der Waals surface area contributed by atoms with Gasteiger partial charge < -0.3 is 0 Å². The molecule has 2 nitrogen and oxygen atoms in total. The zero-order valence-electron chi connectivity index (χ0n) is 6.94. The van der Waals surface area contributed by atoms with Crippen LogP contribution < -0.4 is 0 Å². The van der Waals surface area contributed by atoms with Crippen LogP contribution in [-0.2, 0) is 0 Å². The number of allylic oxidation sites excluding steroid dienone is 4. The molecule has 1 aliphatic carbocycles. The van der Waals surface area contributed by atoms with Crippen molar-refractivity contribution >= 4 is 12.1 Å². The van der Waals surface area contributed by atoms with Crippen molar-refractivity contribution in [2.75, 3.05) is 0 Å². The lowest BCUT2D eigenvalue weighted by Crippen LogP contribution is -1.97. The van der Waals surface area contributed by atoms with Gasteiger partial charge in [0.1, 0.15) is 5.84 Å². The van der Waals surface area contributed by atoms with Gasteiger partial charge in [0.25, 0.3) is 0 Å². The van der Waals surface area contributed by atoms with Gasteiger partial charge in [0.15, 0.2) is 0 Å². The summed E-state index contributed by atoms with van der Waals surface area (Å²) in [4.78, 5) is 8.55. The Morgan fingerprint density at radius 2 is 2.25 bits per heavy atom. The quantitative estimate of drug-likeness (QED) is 0.514. The molecule has 2 bridgehead atoms. The van der Waals surface area contributed by atoms with Gasteiger partial charge in [-0.25, -0.2) is 4.99 Å². The third-order valence-electron chi connectivity index (χ3n) is 1.81. The first kappa shape index (κ1) is 7.22. The van der Waals surface area contributed by atoms with Crippen molar-refractivity contribution in [1.82, 2.24) is 0 Å². The van der Waals surface area contributed by atoms with Crippen LogP contribution in [0.1, 0.15) is 6.92 Å². The molecule has 0 aromatic rings. The van der Waals surface area contributed by atoms with Crippen LogP contribution >= 0.6 is 0 Å². The van der Waals surface area contributed by atoms with E-state index in [0.717, 1.165) is 11.4 Å². The molecule has 12 heavy (non-hydrogen) atoms. The average molecular weight is 158 g/mol. The maximum Gasteiger partial charge on any atom is 0.121 e. The lowest BCUT2D eigenvalue weighted by atomic mass is 10.2. The molecule has 1 unspecified atom stereocenters. The van der Waals surface area contributed by atoms with Gasteiger partial charge >= 0.3 is 0 Å². The van der Waals surface area contributed by atoms with Crippen molar-refractivity contribution in [2.24, 2.45) is 9.98 Å². The van der Waals surface area contributed by atoms with Crippen LogP contribution in [0.2, 0.25) is 0 Å². The molecule has 0 saturated heterocycles. The summed E-state index contributed by atoms with van der Waals surface area (Å²) < 4.78 is 0. The van der Waals surface area contributed by atoms with Crippen LogP contribution in [0, 0.1) is 0 Å². The Morgan fingerprint density at radius 3 is 3.17 bits per heavy atom. The van der Waals surface area contributed by atoms with E-state index in [2.05, 4.69) is 22.1 Å². The van der Waals surface area contributed by atoms with E-state index >= 15 is 0 Å². The van der Waals surface area contributed by atoms with E-state index in [9.17, 15) is 0 Å². The Kier molecular flexibility index (Phi) is 1.74. The zero-order valence-corrected chi connectivity index (χ0v) is 6.94. The van der Waals surface area contributed by atoms with Crippen LogP contribution in [-0.4, -0.2) is 18.1 Å². The number of rotatable bonds is 0. The third kappa shape index (κ3) is 1.42. The first-order valence-electron chi connectivity index (χ1n) is 4.00. The van der Waals surface area contributed by atoms with Gasteiger partial charge in [0.2, 0.25) is 0 Å². The Labute approximate surface area is 71.7 Å². The second kappa shape index (κ2) is 2.89. The van der Waals surface area contributed by atoms with Gasteiger partial charge in [-0.15, -0.1) is 0 Å². The van der Waals surface area contributed by atoms with Gasteiger partial charge in [-0.05, 0) is 18.6 Å². The van der Waals surface area contributed by atoms with Crippen molar-refractivity contribution in [3.05, 3.63) is 36.0 Å². The number of hydrogen-bond donors (Lipinski definition) is 0. The second-order valence-electron chi connectivity index (χ2n) is 2.84. The van der Waals surface area contributed by atoms with E-state index in [0.29, 0.717) is 0 Å². The minimum Gasteiger partial charge on any atom is -0.259 e. The monoisotopic (exact) mass is 158 g/mol. The summed E-state index contributed by atoms with van der Waals surface area (Å²) in [6.07, 6.45) is 12.1. The highest BCUT2D eigenvalue weighted by atomic mass is 14.9. The molecule has 60 valence electrons. The number of aliphatic imine (C=N–C) groups is 2. The van der Waals surface area contributed by atoms with Crippen molar-refractivity contribution in [2.45, 2.75) is 13.0 Å².